The molecule has 0 amide bonds. The first-order chi connectivity index (χ1) is 10.00. The Morgan fingerprint density at radius 3 is 2.81 bits per heavy atom. The maximum absolute atomic E-state index is 11.5. The largest absolute Gasteiger partial charge is 0.353 e. The van der Waals surface area contributed by atoms with Gasteiger partial charge in [-0.05, 0) is 11.6 Å². The molecule has 0 saturated carbocycles. The smallest absolute Gasteiger partial charge is 0.258 e. The molecule has 0 spiro atoms. The molecular formula is C9H13ClN8O2S. The lowest BCUT2D eigenvalue weighted by molar-refractivity contribution is 0.584. The minimum Gasteiger partial charge on any atom is -0.353 e. The van der Waals surface area contributed by atoms with Crippen molar-refractivity contribution in [3.05, 3.63) is 17.9 Å². The standard InChI is InChI=1S/C9H13ClN8O2S/c1-2-14-21(19,20)4-3-12-8-15-7(10)16-9(17-8)18-6-11-5-13-18/h5-6,14H,2-4H2,1H3,(H,12,15,16,17). The van der Waals surface area contributed by atoms with E-state index in [0.717, 1.165) is 0 Å². The summed E-state index contributed by atoms with van der Waals surface area (Å²) in [5.41, 5.74) is 0. The van der Waals surface area contributed by atoms with E-state index in [2.05, 4.69) is 35.1 Å². The highest BCUT2D eigenvalue weighted by molar-refractivity contribution is 7.89. The molecule has 114 valence electrons. The maximum Gasteiger partial charge on any atom is 0.258 e. The van der Waals surface area contributed by atoms with Crippen molar-refractivity contribution < 1.29 is 8.42 Å². The lowest BCUT2D eigenvalue weighted by Gasteiger charge is -2.07. The van der Waals surface area contributed by atoms with Crippen LogP contribution in [-0.2, 0) is 10.0 Å². The van der Waals surface area contributed by atoms with Crippen LogP contribution in [0.1, 0.15) is 6.92 Å². The average Bonchev–Trinajstić information content (AvgIpc) is 2.91. The van der Waals surface area contributed by atoms with Crippen LogP contribution >= 0.6 is 11.6 Å². The Labute approximate surface area is 126 Å². The number of halogens is 1. The van der Waals surface area contributed by atoms with Crippen LogP contribution in [0.4, 0.5) is 5.95 Å². The van der Waals surface area contributed by atoms with E-state index in [1.165, 1.54) is 17.3 Å². The highest BCUT2D eigenvalue weighted by Crippen LogP contribution is 2.08. The van der Waals surface area contributed by atoms with Crippen LogP contribution in [0.15, 0.2) is 12.7 Å². The fraction of sp³-hybridized carbons (Fsp3) is 0.444. The van der Waals surface area contributed by atoms with E-state index in [1.54, 1.807) is 6.92 Å². The van der Waals surface area contributed by atoms with Gasteiger partial charge in [0.05, 0.1) is 5.75 Å². The van der Waals surface area contributed by atoms with Crippen LogP contribution in [0, 0.1) is 0 Å². The predicted molar refractivity (Wildman–Crippen MR) is 75.7 cm³/mol. The molecule has 0 fully saturated rings. The van der Waals surface area contributed by atoms with Gasteiger partial charge in [0.1, 0.15) is 12.7 Å². The number of hydrogen-bond donors (Lipinski definition) is 2. The van der Waals surface area contributed by atoms with Gasteiger partial charge in [-0.25, -0.2) is 18.1 Å². The molecule has 2 rings (SSSR count). The second-order valence-corrected chi connectivity index (χ2v) is 6.08. The quantitative estimate of drug-likeness (QED) is 0.691. The Morgan fingerprint density at radius 1 is 1.33 bits per heavy atom. The third kappa shape index (κ3) is 4.58. The van der Waals surface area contributed by atoms with Crippen molar-refractivity contribution in [2.75, 3.05) is 24.2 Å². The van der Waals surface area contributed by atoms with Crippen LogP contribution in [0.25, 0.3) is 5.95 Å². The second-order valence-electron chi connectivity index (χ2n) is 3.81. The van der Waals surface area contributed by atoms with Gasteiger partial charge in [0.15, 0.2) is 0 Å². The van der Waals surface area contributed by atoms with Crippen molar-refractivity contribution in [2.45, 2.75) is 6.92 Å². The molecule has 21 heavy (non-hydrogen) atoms. The van der Waals surface area contributed by atoms with Crippen molar-refractivity contribution in [2.24, 2.45) is 0 Å². The van der Waals surface area contributed by atoms with Crippen molar-refractivity contribution in [1.82, 2.24) is 34.4 Å². The molecule has 10 nitrogen and oxygen atoms in total. The molecule has 2 heterocycles. The lowest BCUT2D eigenvalue weighted by atomic mass is 10.7. The van der Waals surface area contributed by atoms with Crippen LogP contribution in [0.2, 0.25) is 5.28 Å². The van der Waals surface area contributed by atoms with Crippen molar-refractivity contribution >= 4 is 27.6 Å². The molecule has 0 aliphatic rings. The number of nitrogens with one attached hydrogen (secondary N) is 2. The highest BCUT2D eigenvalue weighted by Gasteiger charge is 2.10. The monoisotopic (exact) mass is 332 g/mol. The first-order valence-corrected chi connectivity index (χ1v) is 8.01. The van der Waals surface area contributed by atoms with Crippen LogP contribution in [-0.4, -0.2) is 57.0 Å². The number of sulfonamides is 1. The van der Waals surface area contributed by atoms with E-state index in [-0.39, 0.29) is 29.5 Å². The Hall–Kier alpha value is -1.85. The normalized spacial score (nSPS) is 11.5. The van der Waals surface area contributed by atoms with Crippen molar-refractivity contribution in [3.63, 3.8) is 0 Å². The Kier molecular flexibility index (Phi) is 4.98. The number of aromatic nitrogens is 6. The molecule has 2 N–H and O–H groups in total. The Balaban J connectivity index is 2.04. The maximum atomic E-state index is 11.5. The van der Waals surface area contributed by atoms with E-state index < -0.39 is 10.0 Å². The third-order valence-electron chi connectivity index (χ3n) is 2.24. The fourth-order valence-electron chi connectivity index (χ4n) is 1.42. The molecule has 0 radical (unpaired) electrons. The Morgan fingerprint density at radius 2 is 2.14 bits per heavy atom. The molecule has 0 bridgehead atoms. The molecule has 0 aliphatic heterocycles. The summed E-state index contributed by atoms with van der Waals surface area (Å²) in [4.78, 5) is 15.6. The van der Waals surface area contributed by atoms with Gasteiger partial charge in [-0.15, -0.1) is 0 Å². The molecule has 0 aliphatic carbocycles. The number of hydrogen-bond acceptors (Lipinski definition) is 8. The summed E-state index contributed by atoms with van der Waals surface area (Å²) in [5, 5.41) is 6.61. The van der Waals surface area contributed by atoms with E-state index in [4.69, 9.17) is 11.6 Å². The van der Waals surface area contributed by atoms with Gasteiger partial charge in [0.2, 0.25) is 21.3 Å². The molecular weight excluding hydrogens is 320 g/mol. The van der Waals surface area contributed by atoms with Crippen LogP contribution in [0.3, 0.4) is 0 Å². The van der Waals surface area contributed by atoms with Gasteiger partial charge in [0, 0.05) is 13.1 Å². The van der Waals surface area contributed by atoms with Crippen molar-refractivity contribution in [1.29, 1.82) is 0 Å². The summed E-state index contributed by atoms with van der Waals surface area (Å²) < 4.78 is 26.7. The molecule has 0 aromatic carbocycles. The van der Waals surface area contributed by atoms with Crippen LogP contribution in [0.5, 0.6) is 0 Å². The zero-order chi connectivity index (χ0) is 15.3. The first-order valence-electron chi connectivity index (χ1n) is 5.98. The van der Waals surface area contributed by atoms with Gasteiger partial charge in [0.25, 0.3) is 5.95 Å². The minimum atomic E-state index is -3.31. The van der Waals surface area contributed by atoms with E-state index in [0.29, 0.717) is 6.54 Å². The van der Waals surface area contributed by atoms with Gasteiger partial charge >= 0.3 is 0 Å². The number of anilines is 1. The summed E-state index contributed by atoms with van der Waals surface area (Å²) in [6, 6.07) is 0. The highest BCUT2D eigenvalue weighted by atomic mass is 35.5. The second kappa shape index (κ2) is 6.74. The number of rotatable bonds is 7. The molecule has 2 aromatic heterocycles. The Bertz CT molecular complexity index is 690. The molecule has 12 heteroatoms. The number of nitrogens with zero attached hydrogens (tertiary/aromatic N) is 6. The van der Waals surface area contributed by atoms with Gasteiger partial charge in [-0.3, -0.25) is 0 Å². The molecule has 2 aromatic rings. The van der Waals surface area contributed by atoms with Crippen LogP contribution < -0.4 is 10.0 Å². The van der Waals surface area contributed by atoms with Gasteiger partial charge in [-0.2, -0.15) is 24.7 Å². The molecule has 0 atom stereocenters. The predicted octanol–water partition coefficient (Wildman–Crippen LogP) is -0.543. The summed E-state index contributed by atoms with van der Waals surface area (Å²) in [6.07, 6.45) is 2.73. The van der Waals surface area contributed by atoms with Crippen molar-refractivity contribution in [3.8, 4) is 5.95 Å². The zero-order valence-electron chi connectivity index (χ0n) is 11.1. The SMILES string of the molecule is CCNS(=O)(=O)CCNc1nc(Cl)nc(-n2cncn2)n1. The zero-order valence-corrected chi connectivity index (χ0v) is 12.6. The lowest BCUT2D eigenvalue weighted by Crippen LogP contribution is -2.29. The summed E-state index contributed by atoms with van der Waals surface area (Å²) in [7, 11) is -3.31. The van der Waals surface area contributed by atoms with E-state index in [1.807, 2.05) is 0 Å². The summed E-state index contributed by atoms with van der Waals surface area (Å²) in [6.45, 7) is 2.18. The fourth-order valence-corrected chi connectivity index (χ4v) is 2.53. The first kappa shape index (κ1) is 15.5. The summed E-state index contributed by atoms with van der Waals surface area (Å²) in [5.74, 6) is 0.236. The van der Waals surface area contributed by atoms with Gasteiger partial charge < -0.3 is 5.32 Å². The molecule has 0 unspecified atom stereocenters. The molecule has 0 saturated heterocycles. The third-order valence-corrected chi connectivity index (χ3v) is 3.88. The summed E-state index contributed by atoms with van der Waals surface area (Å²) >= 11 is 5.79. The van der Waals surface area contributed by atoms with E-state index in [9.17, 15) is 8.42 Å². The van der Waals surface area contributed by atoms with Gasteiger partial charge in [-0.1, -0.05) is 6.92 Å². The van der Waals surface area contributed by atoms with E-state index >= 15 is 0 Å². The average molecular weight is 333 g/mol. The minimum absolute atomic E-state index is 0.0347. The topological polar surface area (TPSA) is 128 Å².